The van der Waals surface area contributed by atoms with E-state index in [1.807, 2.05) is 31.2 Å². The summed E-state index contributed by atoms with van der Waals surface area (Å²) in [6.45, 7) is 2.67. The number of benzene rings is 2. The van der Waals surface area contributed by atoms with E-state index in [2.05, 4.69) is 5.32 Å². The molecule has 2 rings (SSSR count). The van der Waals surface area contributed by atoms with Crippen molar-refractivity contribution in [3.8, 4) is 5.75 Å². The summed E-state index contributed by atoms with van der Waals surface area (Å²) in [6.07, 6.45) is 4.04. The Balaban J connectivity index is 2.10. The predicted octanol–water partition coefficient (Wildman–Crippen LogP) is 5.43. The Morgan fingerprint density at radius 2 is 1.83 bits per heavy atom. The Bertz CT molecular complexity index is 694. The molecule has 0 bridgehead atoms. The van der Waals surface area contributed by atoms with Crippen LogP contribution in [0.15, 0.2) is 48.5 Å². The van der Waals surface area contributed by atoms with Gasteiger partial charge in [0.1, 0.15) is 5.75 Å². The normalized spacial score (nSPS) is 10.7. The fourth-order valence-corrected chi connectivity index (χ4v) is 2.40. The molecule has 0 saturated heterocycles. The number of ether oxygens (including phenoxy) is 1. The van der Waals surface area contributed by atoms with Crippen LogP contribution in [0.3, 0.4) is 0 Å². The third kappa shape index (κ3) is 5.02. The van der Waals surface area contributed by atoms with Gasteiger partial charge in [0.15, 0.2) is 0 Å². The van der Waals surface area contributed by atoms with Crippen LogP contribution in [0.1, 0.15) is 18.9 Å². The smallest absolute Gasteiger partial charge is 0.248 e. The Morgan fingerprint density at radius 3 is 2.52 bits per heavy atom. The minimum atomic E-state index is -0.315. The van der Waals surface area contributed by atoms with Crippen LogP contribution in [0.25, 0.3) is 6.08 Å². The average molecular weight is 350 g/mol. The minimum Gasteiger partial charge on any atom is -0.493 e. The zero-order chi connectivity index (χ0) is 16.7. The zero-order valence-corrected chi connectivity index (χ0v) is 14.2. The van der Waals surface area contributed by atoms with Crippen molar-refractivity contribution in [1.82, 2.24) is 0 Å². The SMILES string of the molecule is CCCOc1ccccc1/C=C/C(=O)Nc1c(Cl)cccc1Cl. The summed E-state index contributed by atoms with van der Waals surface area (Å²) in [5.41, 5.74) is 1.24. The molecule has 0 radical (unpaired) electrons. The second kappa shape index (κ2) is 8.61. The van der Waals surface area contributed by atoms with E-state index in [-0.39, 0.29) is 5.91 Å². The van der Waals surface area contributed by atoms with E-state index >= 15 is 0 Å². The number of hydrogen-bond donors (Lipinski definition) is 1. The lowest BCUT2D eigenvalue weighted by Gasteiger charge is -2.08. The lowest BCUT2D eigenvalue weighted by Crippen LogP contribution is -2.08. The fourth-order valence-electron chi connectivity index (χ4n) is 1.91. The number of anilines is 1. The summed E-state index contributed by atoms with van der Waals surface area (Å²) in [5.74, 6) is 0.430. The molecule has 0 atom stereocenters. The van der Waals surface area contributed by atoms with Crippen molar-refractivity contribution >= 4 is 40.9 Å². The highest BCUT2D eigenvalue weighted by Gasteiger charge is 2.07. The van der Waals surface area contributed by atoms with Crippen LogP contribution in [0.5, 0.6) is 5.75 Å². The van der Waals surface area contributed by atoms with E-state index in [4.69, 9.17) is 27.9 Å². The lowest BCUT2D eigenvalue weighted by atomic mass is 10.2. The Morgan fingerprint density at radius 1 is 1.13 bits per heavy atom. The molecule has 3 nitrogen and oxygen atoms in total. The van der Waals surface area contributed by atoms with Gasteiger partial charge >= 0.3 is 0 Å². The molecule has 0 aromatic heterocycles. The van der Waals surface area contributed by atoms with Crippen molar-refractivity contribution in [1.29, 1.82) is 0 Å². The Labute approximate surface area is 145 Å². The molecule has 0 aliphatic rings. The molecule has 0 unspecified atom stereocenters. The maximum Gasteiger partial charge on any atom is 0.248 e. The van der Waals surface area contributed by atoms with Crippen molar-refractivity contribution in [2.24, 2.45) is 0 Å². The number of carbonyl (C=O) groups is 1. The number of nitrogens with one attached hydrogen (secondary N) is 1. The molecule has 2 aromatic rings. The first-order chi connectivity index (χ1) is 11.1. The van der Waals surface area contributed by atoms with Gasteiger partial charge in [0.25, 0.3) is 0 Å². The van der Waals surface area contributed by atoms with E-state index in [1.54, 1.807) is 24.3 Å². The molecular weight excluding hydrogens is 333 g/mol. The molecule has 0 aliphatic carbocycles. The second-order valence-electron chi connectivity index (χ2n) is 4.81. The maximum absolute atomic E-state index is 12.1. The van der Waals surface area contributed by atoms with Crippen LogP contribution >= 0.6 is 23.2 Å². The zero-order valence-electron chi connectivity index (χ0n) is 12.7. The van der Waals surface area contributed by atoms with Crippen molar-refractivity contribution in [3.05, 3.63) is 64.1 Å². The summed E-state index contributed by atoms with van der Waals surface area (Å²) in [4.78, 5) is 12.1. The van der Waals surface area contributed by atoms with Gasteiger partial charge in [-0.1, -0.05) is 54.4 Å². The van der Waals surface area contributed by atoms with Crippen LogP contribution in [0.4, 0.5) is 5.69 Å². The highest BCUT2D eigenvalue weighted by Crippen LogP contribution is 2.29. The highest BCUT2D eigenvalue weighted by molar-refractivity contribution is 6.39. The standard InChI is InChI=1S/C18H17Cl2NO2/c1-2-12-23-16-9-4-3-6-13(16)10-11-17(22)21-18-14(19)7-5-8-15(18)20/h3-11H,2,12H2,1H3,(H,21,22)/b11-10+. The summed E-state index contributed by atoms with van der Waals surface area (Å²) < 4.78 is 5.65. The monoisotopic (exact) mass is 349 g/mol. The Hall–Kier alpha value is -1.97. The average Bonchev–Trinajstić information content (AvgIpc) is 2.55. The first-order valence-corrected chi connectivity index (χ1v) is 8.02. The van der Waals surface area contributed by atoms with Crippen LogP contribution in [0, 0.1) is 0 Å². The van der Waals surface area contributed by atoms with E-state index in [9.17, 15) is 4.79 Å². The number of halogens is 2. The summed E-state index contributed by atoms with van der Waals surface area (Å²) in [5, 5.41) is 3.47. The van der Waals surface area contributed by atoms with E-state index in [0.29, 0.717) is 22.3 Å². The van der Waals surface area contributed by atoms with Gasteiger partial charge in [-0.3, -0.25) is 4.79 Å². The first kappa shape index (κ1) is 17.4. The molecule has 120 valence electrons. The quantitative estimate of drug-likeness (QED) is 0.705. The molecule has 5 heteroatoms. The molecule has 2 aromatic carbocycles. The van der Waals surface area contributed by atoms with Gasteiger partial charge in [-0.25, -0.2) is 0 Å². The van der Waals surface area contributed by atoms with E-state index < -0.39 is 0 Å². The molecule has 1 N–H and O–H groups in total. The van der Waals surface area contributed by atoms with Crippen LogP contribution in [0.2, 0.25) is 10.0 Å². The molecule has 23 heavy (non-hydrogen) atoms. The largest absolute Gasteiger partial charge is 0.493 e. The predicted molar refractivity (Wildman–Crippen MR) is 96.4 cm³/mol. The van der Waals surface area contributed by atoms with Crippen molar-refractivity contribution in [2.75, 3.05) is 11.9 Å². The first-order valence-electron chi connectivity index (χ1n) is 7.26. The fraction of sp³-hybridized carbons (Fsp3) is 0.167. The van der Waals surface area contributed by atoms with Crippen molar-refractivity contribution in [3.63, 3.8) is 0 Å². The Kier molecular flexibility index (Phi) is 6.51. The molecule has 0 saturated carbocycles. The molecular formula is C18H17Cl2NO2. The molecule has 1 amide bonds. The van der Waals surface area contributed by atoms with Crippen molar-refractivity contribution in [2.45, 2.75) is 13.3 Å². The number of para-hydroxylation sites is 2. The molecule has 0 fully saturated rings. The van der Waals surface area contributed by atoms with E-state index in [1.165, 1.54) is 6.08 Å². The number of rotatable bonds is 6. The number of hydrogen-bond acceptors (Lipinski definition) is 2. The third-order valence-electron chi connectivity index (χ3n) is 3.01. The molecule has 0 aliphatic heterocycles. The van der Waals surface area contributed by atoms with Gasteiger partial charge in [0.05, 0.1) is 22.3 Å². The van der Waals surface area contributed by atoms with Gasteiger partial charge in [0, 0.05) is 11.6 Å². The van der Waals surface area contributed by atoms with Crippen molar-refractivity contribution < 1.29 is 9.53 Å². The summed E-state index contributed by atoms with van der Waals surface area (Å²) in [7, 11) is 0. The maximum atomic E-state index is 12.1. The topological polar surface area (TPSA) is 38.3 Å². The number of amides is 1. The number of carbonyl (C=O) groups excluding carboxylic acids is 1. The summed E-state index contributed by atoms with van der Waals surface area (Å²) >= 11 is 12.1. The second-order valence-corrected chi connectivity index (χ2v) is 5.62. The van der Waals surface area contributed by atoms with Crippen LogP contribution < -0.4 is 10.1 Å². The van der Waals surface area contributed by atoms with E-state index in [0.717, 1.165) is 17.7 Å². The van der Waals surface area contributed by atoms with Gasteiger partial charge in [-0.15, -0.1) is 0 Å². The minimum absolute atomic E-state index is 0.315. The van der Waals surface area contributed by atoms with Gasteiger partial charge in [-0.05, 0) is 30.7 Å². The third-order valence-corrected chi connectivity index (χ3v) is 3.64. The van der Waals surface area contributed by atoms with Crippen LogP contribution in [-0.2, 0) is 4.79 Å². The summed E-state index contributed by atoms with van der Waals surface area (Å²) in [6, 6.07) is 12.6. The molecule has 0 heterocycles. The van der Waals surface area contributed by atoms with Gasteiger partial charge < -0.3 is 10.1 Å². The molecule has 0 spiro atoms. The van der Waals surface area contributed by atoms with Gasteiger partial charge in [-0.2, -0.15) is 0 Å². The highest BCUT2D eigenvalue weighted by atomic mass is 35.5. The van der Waals surface area contributed by atoms with Gasteiger partial charge in [0.2, 0.25) is 5.91 Å². The van der Waals surface area contributed by atoms with Crippen LogP contribution in [-0.4, -0.2) is 12.5 Å². The lowest BCUT2D eigenvalue weighted by molar-refractivity contribution is -0.111.